The van der Waals surface area contributed by atoms with E-state index in [0.29, 0.717) is 12.6 Å². The molecule has 1 fully saturated rings. The van der Waals surface area contributed by atoms with E-state index < -0.39 is 0 Å². The van der Waals surface area contributed by atoms with Crippen LogP contribution in [0.1, 0.15) is 26.7 Å². The number of rotatable bonds is 3. The zero-order valence-electron chi connectivity index (χ0n) is 7.44. The third kappa shape index (κ3) is 2.16. The molecule has 0 bridgehead atoms. The Morgan fingerprint density at radius 1 is 1.36 bits per heavy atom. The lowest BCUT2D eigenvalue weighted by Crippen LogP contribution is -2.33. The minimum Gasteiger partial charge on any atom is -0.311 e. The van der Waals surface area contributed by atoms with Crippen LogP contribution >= 0.6 is 0 Å². The van der Waals surface area contributed by atoms with Gasteiger partial charge in [-0.05, 0) is 24.7 Å². The van der Waals surface area contributed by atoms with Gasteiger partial charge in [0, 0.05) is 12.6 Å². The van der Waals surface area contributed by atoms with Crippen molar-refractivity contribution in [1.82, 2.24) is 5.32 Å². The van der Waals surface area contributed by atoms with Crippen molar-refractivity contribution in [3.8, 4) is 0 Å². The molecule has 0 aromatic carbocycles. The highest BCUT2D eigenvalue weighted by Gasteiger charge is 2.28. The van der Waals surface area contributed by atoms with Gasteiger partial charge in [-0.2, -0.15) is 0 Å². The number of alkyl halides is 1. The fourth-order valence-corrected chi connectivity index (χ4v) is 1.89. The Balaban J connectivity index is 2.24. The summed E-state index contributed by atoms with van der Waals surface area (Å²) in [5.74, 6) is 1.54. The van der Waals surface area contributed by atoms with E-state index in [1.165, 1.54) is 12.8 Å². The lowest BCUT2D eigenvalue weighted by atomic mass is 9.98. The second-order valence-electron chi connectivity index (χ2n) is 3.66. The normalized spacial score (nSPS) is 37.9. The van der Waals surface area contributed by atoms with Gasteiger partial charge in [0.1, 0.15) is 6.67 Å². The Morgan fingerprint density at radius 2 is 2.09 bits per heavy atom. The monoisotopic (exact) mass is 159 g/mol. The Labute approximate surface area is 68.4 Å². The molecule has 11 heavy (non-hydrogen) atoms. The maximum Gasteiger partial charge on any atom is 0.102 e. The SMILES string of the molecule is CC1CCC(NCCF)C1C. The average Bonchev–Trinajstić information content (AvgIpc) is 2.31. The molecule has 0 aromatic heterocycles. The summed E-state index contributed by atoms with van der Waals surface area (Å²) >= 11 is 0. The van der Waals surface area contributed by atoms with Crippen molar-refractivity contribution >= 4 is 0 Å². The summed E-state index contributed by atoms with van der Waals surface area (Å²) in [6.45, 7) is 4.83. The molecule has 0 radical (unpaired) electrons. The van der Waals surface area contributed by atoms with Crippen molar-refractivity contribution in [1.29, 1.82) is 0 Å². The van der Waals surface area contributed by atoms with Crippen LogP contribution < -0.4 is 5.32 Å². The van der Waals surface area contributed by atoms with Crippen LogP contribution in [-0.2, 0) is 0 Å². The molecule has 2 heteroatoms. The highest BCUT2D eigenvalue weighted by Crippen LogP contribution is 2.30. The second kappa shape index (κ2) is 4.05. The number of halogens is 1. The zero-order chi connectivity index (χ0) is 8.27. The molecule has 0 aliphatic heterocycles. The summed E-state index contributed by atoms with van der Waals surface area (Å²) in [5.41, 5.74) is 0. The van der Waals surface area contributed by atoms with Gasteiger partial charge >= 0.3 is 0 Å². The van der Waals surface area contributed by atoms with Crippen molar-refractivity contribution in [3.05, 3.63) is 0 Å². The zero-order valence-corrected chi connectivity index (χ0v) is 7.44. The van der Waals surface area contributed by atoms with E-state index in [-0.39, 0.29) is 6.67 Å². The number of hydrogen-bond donors (Lipinski definition) is 1. The Kier molecular flexibility index (Phi) is 3.31. The third-order valence-electron chi connectivity index (χ3n) is 2.97. The molecule has 0 spiro atoms. The average molecular weight is 159 g/mol. The molecule has 1 rings (SSSR count). The lowest BCUT2D eigenvalue weighted by Gasteiger charge is -2.18. The predicted octanol–water partition coefficient (Wildman–Crippen LogP) is 1.98. The van der Waals surface area contributed by atoms with Gasteiger partial charge in [-0.3, -0.25) is 0 Å². The molecular formula is C9H18FN. The van der Waals surface area contributed by atoms with Crippen LogP contribution in [0.25, 0.3) is 0 Å². The molecule has 1 aliphatic carbocycles. The standard InChI is InChI=1S/C9H18FN/c1-7-3-4-9(8(7)2)11-6-5-10/h7-9,11H,3-6H2,1-2H3. The van der Waals surface area contributed by atoms with Gasteiger partial charge in [-0.15, -0.1) is 0 Å². The first-order chi connectivity index (χ1) is 5.25. The minimum atomic E-state index is -0.238. The van der Waals surface area contributed by atoms with Gasteiger partial charge < -0.3 is 5.32 Å². The highest BCUT2D eigenvalue weighted by molar-refractivity contribution is 4.84. The summed E-state index contributed by atoms with van der Waals surface area (Å²) < 4.78 is 11.8. The molecule has 0 heterocycles. The first-order valence-corrected chi connectivity index (χ1v) is 4.55. The van der Waals surface area contributed by atoms with Gasteiger partial charge in [0.2, 0.25) is 0 Å². The largest absolute Gasteiger partial charge is 0.311 e. The summed E-state index contributed by atoms with van der Waals surface area (Å²) in [7, 11) is 0. The summed E-state index contributed by atoms with van der Waals surface area (Å²) in [6, 6.07) is 0.570. The van der Waals surface area contributed by atoms with Gasteiger partial charge in [0.25, 0.3) is 0 Å². The van der Waals surface area contributed by atoms with Crippen molar-refractivity contribution < 1.29 is 4.39 Å². The van der Waals surface area contributed by atoms with Crippen LogP contribution in [0.15, 0.2) is 0 Å². The van der Waals surface area contributed by atoms with Crippen LogP contribution in [0.4, 0.5) is 4.39 Å². The fourth-order valence-electron chi connectivity index (χ4n) is 1.89. The molecular weight excluding hydrogens is 141 g/mol. The Hall–Kier alpha value is -0.110. The molecule has 3 atom stereocenters. The third-order valence-corrected chi connectivity index (χ3v) is 2.97. The van der Waals surface area contributed by atoms with Gasteiger partial charge in [0.15, 0.2) is 0 Å². The van der Waals surface area contributed by atoms with Gasteiger partial charge in [-0.1, -0.05) is 13.8 Å². The smallest absolute Gasteiger partial charge is 0.102 e. The van der Waals surface area contributed by atoms with Crippen LogP contribution in [0.5, 0.6) is 0 Å². The second-order valence-corrected chi connectivity index (χ2v) is 3.66. The number of hydrogen-bond acceptors (Lipinski definition) is 1. The van der Waals surface area contributed by atoms with Gasteiger partial charge in [-0.25, -0.2) is 4.39 Å². The molecule has 1 N–H and O–H groups in total. The van der Waals surface area contributed by atoms with E-state index in [1.54, 1.807) is 0 Å². The molecule has 1 aliphatic rings. The van der Waals surface area contributed by atoms with E-state index >= 15 is 0 Å². The van der Waals surface area contributed by atoms with Crippen LogP contribution in [0.3, 0.4) is 0 Å². The van der Waals surface area contributed by atoms with Gasteiger partial charge in [0.05, 0.1) is 0 Å². The molecule has 3 unspecified atom stereocenters. The first kappa shape index (κ1) is 8.98. The molecule has 0 amide bonds. The molecule has 1 nitrogen and oxygen atoms in total. The minimum absolute atomic E-state index is 0.238. The Bertz CT molecular complexity index is 116. The van der Waals surface area contributed by atoms with E-state index in [4.69, 9.17) is 0 Å². The fraction of sp³-hybridized carbons (Fsp3) is 1.00. The van der Waals surface area contributed by atoms with E-state index in [9.17, 15) is 4.39 Å². The van der Waals surface area contributed by atoms with E-state index in [1.807, 2.05) is 0 Å². The van der Waals surface area contributed by atoms with E-state index in [0.717, 1.165) is 11.8 Å². The first-order valence-electron chi connectivity index (χ1n) is 4.55. The maximum atomic E-state index is 11.8. The van der Waals surface area contributed by atoms with Crippen LogP contribution in [0, 0.1) is 11.8 Å². The number of nitrogens with one attached hydrogen (secondary N) is 1. The molecule has 0 saturated heterocycles. The summed E-state index contributed by atoms with van der Waals surface area (Å²) in [6.07, 6.45) is 2.52. The van der Waals surface area contributed by atoms with Crippen molar-refractivity contribution in [2.75, 3.05) is 13.2 Å². The summed E-state index contributed by atoms with van der Waals surface area (Å²) in [5, 5.41) is 3.24. The topological polar surface area (TPSA) is 12.0 Å². The van der Waals surface area contributed by atoms with Crippen molar-refractivity contribution in [2.45, 2.75) is 32.7 Å². The Morgan fingerprint density at radius 3 is 2.55 bits per heavy atom. The van der Waals surface area contributed by atoms with E-state index in [2.05, 4.69) is 19.2 Å². The maximum absolute atomic E-state index is 11.8. The lowest BCUT2D eigenvalue weighted by molar-refractivity contribution is 0.353. The van der Waals surface area contributed by atoms with Crippen LogP contribution in [0.2, 0.25) is 0 Å². The highest BCUT2D eigenvalue weighted by atomic mass is 19.1. The molecule has 1 saturated carbocycles. The summed E-state index contributed by atoms with van der Waals surface area (Å²) in [4.78, 5) is 0. The van der Waals surface area contributed by atoms with Crippen LogP contribution in [-0.4, -0.2) is 19.3 Å². The van der Waals surface area contributed by atoms with Crippen molar-refractivity contribution in [2.24, 2.45) is 11.8 Å². The molecule has 66 valence electrons. The molecule has 0 aromatic rings. The van der Waals surface area contributed by atoms with Crippen molar-refractivity contribution in [3.63, 3.8) is 0 Å². The quantitative estimate of drug-likeness (QED) is 0.664. The predicted molar refractivity (Wildman–Crippen MR) is 45.3 cm³/mol.